The number of nitrogens with zero attached hydrogens (tertiary/aromatic N) is 7. The number of fused-ring (bicyclic) bond motifs is 3. The van der Waals surface area contributed by atoms with Crippen molar-refractivity contribution in [3.8, 4) is 11.4 Å². The summed E-state index contributed by atoms with van der Waals surface area (Å²) in [7, 11) is 1.54. The topological polar surface area (TPSA) is 119 Å². The molecule has 3 heterocycles. The van der Waals surface area contributed by atoms with E-state index in [-0.39, 0.29) is 49.9 Å². The number of ether oxygens (including phenoxy) is 3. The molecule has 222 valence electrons. The van der Waals surface area contributed by atoms with Gasteiger partial charge >= 0.3 is 12.1 Å². The van der Waals surface area contributed by atoms with E-state index in [1.807, 2.05) is 13.0 Å². The maximum atomic E-state index is 14.2. The van der Waals surface area contributed by atoms with Crippen LogP contribution in [-0.4, -0.2) is 54.7 Å². The average Bonchev–Trinajstić information content (AvgIpc) is 3.58. The van der Waals surface area contributed by atoms with E-state index < -0.39 is 24.2 Å². The molecule has 0 fully saturated rings. The molecule has 2 aromatic heterocycles. The van der Waals surface area contributed by atoms with Crippen molar-refractivity contribution in [2.24, 2.45) is 0 Å². The third-order valence-corrected chi connectivity index (χ3v) is 7.05. The van der Waals surface area contributed by atoms with E-state index in [1.165, 1.54) is 24.0 Å². The monoisotopic (exact) mass is 605 g/mol. The van der Waals surface area contributed by atoms with Gasteiger partial charge in [0.25, 0.3) is 0 Å². The Bertz CT molecular complexity index is 1590. The summed E-state index contributed by atoms with van der Waals surface area (Å²) < 4.78 is 60.5. The fourth-order valence-corrected chi connectivity index (χ4v) is 5.07. The molecule has 2 aromatic carbocycles. The van der Waals surface area contributed by atoms with E-state index in [2.05, 4.69) is 25.6 Å². The molecule has 0 unspecified atom stereocenters. The number of hydrogen-bond acceptors (Lipinski definition) is 9. The number of methoxy groups -OCH3 is 1. The molecule has 0 saturated carbocycles. The number of carbonyl (C=O) groups is 1. The highest BCUT2D eigenvalue weighted by Gasteiger charge is 2.43. The molecule has 0 amide bonds. The van der Waals surface area contributed by atoms with Crippen molar-refractivity contribution < 1.29 is 32.2 Å². The maximum absolute atomic E-state index is 14.2. The number of benzene rings is 2. The van der Waals surface area contributed by atoms with E-state index in [4.69, 9.17) is 25.8 Å². The fourth-order valence-electron chi connectivity index (χ4n) is 4.89. The van der Waals surface area contributed by atoms with Crippen molar-refractivity contribution in [2.75, 3.05) is 13.7 Å². The van der Waals surface area contributed by atoms with Gasteiger partial charge in [0.2, 0.25) is 5.82 Å². The number of halogens is 4. The number of aryl methyl sites for hydroxylation is 2. The lowest BCUT2D eigenvalue weighted by atomic mass is 9.95. The van der Waals surface area contributed by atoms with Crippen LogP contribution in [0, 0.1) is 6.92 Å². The fraction of sp³-hybridized carbons (Fsp3) is 0.407. The number of hydrogen-bond donors (Lipinski definition) is 0. The Morgan fingerprint density at radius 2 is 1.95 bits per heavy atom. The molecule has 2 atom stereocenters. The number of rotatable bonds is 9. The van der Waals surface area contributed by atoms with Crippen LogP contribution >= 0.6 is 11.6 Å². The Morgan fingerprint density at radius 1 is 1.14 bits per heavy atom. The minimum atomic E-state index is -4.79. The third-order valence-electron chi connectivity index (χ3n) is 6.81. The van der Waals surface area contributed by atoms with E-state index in [0.717, 1.165) is 10.1 Å². The average molecular weight is 606 g/mol. The van der Waals surface area contributed by atoms with Gasteiger partial charge in [-0.15, -0.1) is 20.4 Å². The number of carbonyl (C=O) groups excluding carboxylic acids is 1. The van der Waals surface area contributed by atoms with Crippen LogP contribution in [0.4, 0.5) is 13.2 Å². The summed E-state index contributed by atoms with van der Waals surface area (Å²) in [4.78, 5) is 13.0. The van der Waals surface area contributed by atoms with Gasteiger partial charge < -0.3 is 14.2 Å². The van der Waals surface area contributed by atoms with Crippen molar-refractivity contribution in [1.82, 2.24) is 35.0 Å². The molecule has 0 N–H and O–H groups in total. The van der Waals surface area contributed by atoms with E-state index in [1.54, 1.807) is 25.1 Å². The van der Waals surface area contributed by atoms with E-state index >= 15 is 0 Å². The molecule has 11 nitrogen and oxygen atoms in total. The standard InChI is InChI=1S/C27H27ClF3N7O4/c1-4-41-23(39)11-10-22-32-36-37(35-22)13-12-21-25-33-34-26(27(29,30)31)38(25)19-9-8-16(28)14-18(19)24(42-21)17-6-5-7-20(40-3)15(17)2/h5-9,14,21,24H,4,10-13H2,1-3H3/t21-,24-/m1/s1. The first kappa shape index (κ1) is 29.5. The molecule has 15 heteroatoms. The Balaban J connectivity index is 1.53. The zero-order valence-electron chi connectivity index (χ0n) is 22.9. The summed E-state index contributed by atoms with van der Waals surface area (Å²) in [5, 5.41) is 20.1. The zero-order valence-corrected chi connectivity index (χ0v) is 23.7. The lowest BCUT2D eigenvalue weighted by molar-refractivity contribution is -0.146. The first-order valence-corrected chi connectivity index (χ1v) is 13.5. The molecule has 0 aliphatic carbocycles. The molecule has 4 aromatic rings. The van der Waals surface area contributed by atoms with Crippen molar-refractivity contribution in [3.63, 3.8) is 0 Å². The van der Waals surface area contributed by atoms with Crippen LogP contribution in [-0.2, 0) is 33.4 Å². The number of tetrazole rings is 1. The molecule has 0 spiro atoms. The summed E-state index contributed by atoms with van der Waals surface area (Å²) in [6.07, 6.45) is -6.13. The highest BCUT2D eigenvalue weighted by Crippen LogP contribution is 2.45. The Kier molecular flexibility index (Phi) is 8.45. The lowest BCUT2D eigenvalue weighted by Crippen LogP contribution is -2.17. The first-order chi connectivity index (χ1) is 20.1. The minimum Gasteiger partial charge on any atom is -0.496 e. The van der Waals surface area contributed by atoms with Crippen molar-refractivity contribution in [1.29, 1.82) is 0 Å². The van der Waals surface area contributed by atoms with Gasteiger partial charge in [0.15, 0.2) is 11.6 Å². The van der Waals surface area contributed by atoms with Crippen LogP contribution in [0.25, 0.3) is 5.69 Å². The Labute approximate surface area is 243 Å². The van der Waals surface area contributed by atoms with Crippen molar-refractivity contribution in [3.05, 3.63) is 75.6 Å². The first-order valence-electron chi connectivity index (χ1n) is 13.1. The summed E-state index contributed by atoms with van der Waals surface area (Å²) in [5.41, 5.74) is 2.05. The third kappa shape index (κ3) is 5.95. The van der Waals surface area contributed by atoms with Crippen molar-refractivity contribution in [2.45, 2.75) is 58.0 Å². The number of aromatic nitrogens is 7. The SMILES string of the molecule is CCOC(=O)CCc1nnn(CC[C@H]2O[C@H](c3cccc(OC)c3C)c3cc(Cl)ccc3-n3c2nnc3C(F)(F)F)n1. The molecule has 5 rings (SSSR count). The predicted octanol–water partition coefficient (Wildman–Crippen LogP) is 4.99. The van der Waals surface area contributed by atoms with Crippen molar-refractivity contribution >= 4 is 17.6 Å². The van der Waals surface area contributed by atoms with Crippen LogP contribution in [0.1, 0.15) is 66.1 Å². The quantitative estimate of drug-likeness (QED) is 0.243. The van der Waals surface area contributed by atoms with Gasteiger partial charge in [0.05, 0.1) is 32.4 Å². The van der Waals surface area contributed by atoms with Gasteiger partial charge in [0, 0.05) is 23.4 Å². The molecule has 42 heavy (non-hydrogen) atoms. The largest absolute Gasteiger partial charge is 0.496 e. The predicted molar refractivity (Wildman–Crippen MR) is 142 cm³/mol. The highest BCUT2D eigenvalue weighted by molar-refractivity contribution is 6.30. The van der Waals surface area contributed by atoms with E-state index in [0.29, 0.717) is 27.7 Å². The molecular formula is C27H27ClF3N7O4. The summed E-state index contributed by atoms with van der Waals surface area (Å²) in [6, 6.07) is 10.0. The van der Waals surface area contributed by atoms with Crippen LogP contribution < -0.4 is 4.74 Å². The van der Waals surface area contributed by atoms with E-state index in [9.17, 15) is 18.0 Å². The molecule has 1 aliphatic rings. The van der Waals surface area contributed by atoms with Gasteiger partial charge in [-0.3, -0.25) is 9.36 Å². The zero-order chi connectivity index (χ0) is 30.0. The lowest BCUT2D eigenvalue weighted by Gasteiger charge is -2.24. The second kappa shape index (κ2) is 12.1. The normalized spacial score (nSPS) is 16.5. The Morgan fingerprint density at radius 3 is 2.69 bits per heavy atom. The molecule has 0 saturated heterocycles. The highest BCUT2D eigenvalue weighted by atomic mass is 35.5. The van der Waals surface area contributed by atoms with Crippen LogP contribution in [0.2, 0.25) is 5.02 Å². The van der Waals surface area contributed by atoms with Crippen LogP contribution in [0.5, 0.6) is 5.75 Å². The maximum Gasteiger partial charge on any atom is 0.452 e. The van der Waals surface area contributed by atoms with Crippen LogP contribution in [0.3, 0.4) is 0 Å². The second-order valence-corrected chi connectivity index (χ2v) is 9.93. The summed E-state index contributed by atoms with van der Waals surface area (Å²) >= 11 is 6.36. The van der Waals surface area contributed by atoms with Crippen LogP contribution in [0.15, 0.2) is 36.4 Å². The van der Waals surface area contributed by atoms with Gasteiger partial charge in [-0.1, -0.05) is 23.7 Å². The van der Waals surface area contributed by atoms with Gasteiger partial charge in [-0.25, -0.2) is 0 Å². The smallest absolute Gasteiger partial charge is 0.452 e. The van der Waals surface area contributed by atoms with Gasteiger partial charge in [-0.05, 0) is 54.5 Å². The molecular weight excluding hydrogens is 579 g/mol. The second-order valence-electron chi connectivity index (χ2n) is 9.49. The molecule has 1 aliphatic heterocycles. The number of alkyl halides is 3. The minimum absolute atomic E-state index is 0.0309. The van der Waals surface area contributed by atoms with Gasteiger partial charge in [-0.2, -0.15) is 18.0 Å². The number of esters is 1. The summed E-state index contributed by atoms with van der Waals surface area (Å²) in [5.74, 6) is -0.661. The molecule has 0 radical (unpaired) electrons. The Hall–Kier alpha value is -4.04. The van der Waals surface area contributed by atoms with Gasteiger partial charge in [0.1, 0.15) is 18.0 Å². The molecule has 0 bridgehead atoms. The summed E-state index contributed by atoms with van der Waals surface area (Å²) in [6.45, 7) is 3.97.